The second-order valence-corrected chi connectivity index (χ2v) is 5.30. The van der Waals surface area contributed by atoms with E-state index in [4.69, 9.17) is 0 Å². The molecule has 0 amide bonds. The van der Waals surface area contributed by atoms with Crippen LogP contribution >= 0.6 is 0 Å². The standard InChI is InChI=1S/C16H21N/c1-2-3-9-17-10-8-16-14(12-17)11-13-6-4-5-7-15(13)16/h4-7H,2-3,8-12H2,1H3. The highest BCUT2D eigenvalue weighted by atomic mass is 15.1. The van der Waals surface area contributed by atoms with Crippen molar-refractivity contribution in [2.75, 3.05) is 19.6 Å². The quantitative estimate of drug-likeness (QED) is 0.764. The molecule has 0 radical (unpaired) electrons. The zero-order valence-electron chi connectivity index (χ0n) is 10.7. The number of hydrogen-bond acceptors (Lipinski definition) is 1. The van der Waals surface area contributed by atoms with Crippen LogP contribution in [0.15, 0.2) is 29.8 Å². The lowest BCUT2D eigenvalue weighted by molar-refractivity contribution is 0.288. The van der Waals surface area contributed by atoms with Crippen LogP contribution in [0.1, 0.15) is 37.3 Å². The van der Waals surface area contributed by atoms with Crippen molar-refractivity contribution in [2.24, 2.45) is 0 Å². The Bertz CT molecular complexity index is 445. The molecule has 0 fully saturated rings. The summed E-state index contributed by atoms with van der Waals surface area (Å²) in [5, 5.41) is 0. The van der Waals surface area contributed by atoms with Gasteiger partial charge in [0.1, 0.15) is 0 Å². The van der Waals surface area contributed by atoms with E-state index in [2.05, 4.69) is 36.1 Å². The minimum atomic E-state index is 1.20. The number of hydrogen-bond donors (Lipinski definition) is 0. The van der Waals surface area contributed by atoms with Gasteiger partial charge in [0.05, 0.1) is 0 Å². The molecule has 1 aromatic rings. The molecule has 1 nitrogen and oxygen atoms in total. The number of unbranched alkanes of at least 4 members (excludes halogenated alkanes) is 1. The van der Waals surface area contributed by atoms with E-state index in [1.165, 1.54) is 50.9 Å². The van der Waals surface area contributed by atoms with Crippen molar-refractivity contribution in [3.63, 3.8) is 0 Å². The fraction of sp³-hybridized carbons (Fsp3) is 0.500. The van der Waals surface area contributed by atoms with Crippen molar-refractivity contribution in [1.29, 1.82) is 0 Å². The Morgan fingerprint density at radius 3 is 3.00 bits per heavy atom. The van der Waals surface area contributed by atoms with Gasteiger partial charge in [-0.05, 0) is 48.1 Å². The summed E-state index contributed by atoms with van der Waals surface area (Å²) in [6.07, 6.45) is 5.11. The zero-order valence-corrected chi connectivity index (χ0v) is 10.7. The number of rotatable bonds is 3. The number of nitrogens with zero attached hydrogens (tertiary/aromatic N) is 1. The molecule has 1 aromatic carbocycles. The average Bonchev–Trinajstić information content (AvgIpc) is 2.74. The summed E-state index contributed by atoms with van der Waals surface area (Å²) >= 11 is 0. The van der Waals surface area contributed by atoms with Gasteiger partial charge in [-0.15, -0.1) is 0 Å². The molecular formula is C16H21N. The van der Waals surface area contributed by atoms with Crippen molar-refractivity contribution in [2.45, 2.75) is 32.6 Å². The molecule has 0 aromatic heterocycles. The SMILES string of the molecule is CCCCN1CCC2=C(Cc3ccccc32)C1. The second kappa shape index (κ2) is 4.66. The van der Waals surface area contributed by atoms with Gasteiger partial charge in [0, 0.05) is 13.1 Å². The predicted molar refractivity (Wildman–Crippen MR) is 73.0 cm³/mol. The summed E-state index contributed by atoms with van der Waals surface area (Å²) in [6, 6.07) is 8.95. The van der Waals surface area contributed by atoms with Crippen LogP contribution in [0.5, 0.6) is 0 Å². The Hall–Kier alpha value is -1.08. The fourth-order valence-corrected chi connectivity index (χ4v) is 3.15. The number of fused-ring (bicyclic) bond motifs is 2. The smallest absolute Gasteiger partial charge is 0.0202 e. The van der Waals surface area contributed by atoms with E-state index in [0.717, 1.165) is 0 Å². The minimum Gasteiger partial charge on any atom is -0.299 e. The van der Waals surface area contributed by atoms with Crippen LogP contribution in [0.4, 0.5) is 0 Å². The third kappa shape index (κ3) is 2.04. The van der Waals surface area contributed by atoms with Gasteiger partial charge >= 0.3 is 0 Å². The van der Waals surface area contributed by atoms with Crippen LogP contribution < -0.4 is 0 Å². The zero-order chi connectivity index (χ0) is 11.7. The Labute approximate surface area is 104 Å². The first kappa shape index (κ1) is 11.0. The van der Waals surface area contributed by atoms with Crippen LogP contribution in [-0.2, 0) is 6.42 Å². The van der Waals surface area contributed by atoms with Crippen LogP contribution in [0.2, 0.25) is 0 Å². The highest BCUT2D eigenvalue weighted by Gasteiger charge is 2.25. The van der Waals surface area contributed by atoms with Gasteiger partial charge < -0.3 is 0 Å². The highest BCUT2D eigenvalue weighted by Crippen LogP contribution is 2.37. The lowest BCUT2D eigenvalue weighted by Gasteiger charge is -2.28. The number of benzene rings is 1. The van der Waals surface area contributed by atoms with Gasteiger partial charge in [-0.3, -0.25) is 4.90 Å². The molecule has 0 N–H and O–H groups in total. The average molecular weight is 227 g/mol. The van der Waals surface area contributed by atoms with Gasteiger partial charge in [0.2, 0.25) is 0 Å². The molecule has 0 saturated carbocycles. The summed E-state index contributed by atoms with van der Waals surface area (Å²) in [4.78, 5) is 2.63. The Morgan fingerprint density at radius 2 is 2.12 bits per heavy atom. The van der Waals surface area contributed by atoms with Crippen LogP contribution in [0.25, 0.3) is 5.57 Å². The summed E-state index contributed by atoms with van der Waals surface area (Å²) in [5.41, 5.74) is 6.44. The molecule has 0 spiro atoms. The summed E-state index contributed by atoms with van der Waals surface area (Å²) < 4.78 is 0. The second-order valence-electron chi connectivity index (χ2n) is 5.30. The normalized spacial score (nSPS) is 19.4. The lowest BCUT2D eigenvalue weighted by atomic mass is 9.99. The summed E-state index contributed by atoms with van der Waals surface area (Å²) in [5.74, 6) is 0. The molecular weight excluding hydrogens is 206 g/mol. The third-order valence-electron chi connectivity index (χ3n) is 4.09. The van der Waals surface area contributed by atoms with E-state index in [9.17, 15) is 0 Å². The Balaban J connectivity index is 1.76. The molecule has 1 heteroatoms. The maximum atomic E-state index is 2.63. The van der Waals surface area contributed by atoms with Crippen molar-refractivity contribution in [1.82, 2.24) is 4.90 Å². The van der Waals surface area contributed by atoms with Gasteiger partial charge in [-0.1, -0.05) is 37.6 Å². The van der Waals surface area contributed by atoms with Gasteiger partial charge in [0.15, 0.2) is 0 Å². The van der Waals surface area contributed by atoms with Crippen LogP contribution in [0.3, 0.4) is 0 Å². The molecule has 3 rings (SSSR count). The van der Waals surface area contributed by atoms with E-state index >= 15 is 0 Å². The summed E-state index contributed by atoms with van der Waals surface area (Å²) in [7, 11) is 0. The Kier molecular flexibility index (Phi) is 3.02. The fourth-order valence-electron chi connectivity index (χ4n) is 3.15. The largest absolute Gasteiger partial charge is 0.299 e. The lowest BCUT2D eigenvalue weighted by Crippen LogP contribution is -2.31. The molecule has 0 atom stereocenters. The van der Waals surface area contributed by atoms with E-state index in [1.807, 2.05) is 0 Å². The van der Waals surface area contributed by atoms with Crippen molar-refractivity contribution < 1.29 is 0 Å². The monoisotopic (exact) mass is 227 g/mol. The first-order chi connectivity index (χ1) is 8.38. The Morgan fingerprint density at radius 1 is 1.24 bits per heavy atom. The molecule has 0 unspecified atom stereocenters. The molecule has 1 aliphatic heterocycles. The van der Waals surface area contributed by atoms with E-state index in [1.54, 1.807) is 16.7 Å². The van der Waals surface area contributed by atoms with Crippen LogP contribution in [0, 0.1) is 0 Å². The third-order valence-corrected chi connectivity index (χ3v) is 4.09. The topological polar surface area (TPSA) is 3.24 Å². The van der Waals surface area contributed by atoms with E-state index in [0.29, 0.717) is 0 Å². The molecule has 90 valence electrons. The molecule has 2 aliphatic rings. The first-order valence-electron chi connectivity index (χ1n) is 6.90. The van der Waals surface area contributed by atoms with E-state index < -0.39 is 0 Å². The van der Waals surface area contributed by atoms with Crippen LogP contribution in [-0.4, -0.2) is 24.5 Å². The minimum absolute atomic E-state index is 1.20. The maximum Gasteiger partial charge on any atom is 0.0202 e. The summed E-state index contributed by atoms with van der Waals surface area (Å²) in [6.45, 7) is 6.03. The van der Waals surface area contributed by atoms with Crippen molar-refractivity contribution in [3.8, 4) is 0 Å². The maximum absolute atomic E-state index is 2.63. The van der Waals surface area contributed by atoms with Gasteiger partial charge in [-0.2, -0.15) is 0 Å². The van der Waals surface area contributed by atoms with Gasteiger partial charge in [-0.25, -0.2) is 0 Å². The van der Waals surface area contributed by atoms with Crippen molar-refractivity contribution >= 4 is 5.57 Å². The molecule has 1 aliphatic carbocycles. The molecule has 0 bridgehead atoms. The molecule has 17 heavy (non-hydrogen) atoms. The predicted octanol–water partition coefficient (Wildman–Crippen LogP) is 3.50. The highest BCUT2D eigenvalue weighted by molar-refractivity contribution is 5.77. The molecule has 0 saturated heterocycles. The molecule has 1 heterocycles. The van der Waals surface area contributed by atoms with E-state index in [-0.39, 0.29) is 0 Å². The first-order valence-corrected chi connectivity index (χ1v) is 6.90. The van der Waals surface area contributed by atoms with Gasteiger partial charge in [0.25, 0.3) is 0 Å². The van der Waals surface area contributed by atoms with Crippen molar-refractivity contribution in [3.05, 3.63) is 41.0 Å².